The predicted octanol–water partition coefficient (Wildman–Crippen LogP) is 5.64. The molecule has 2 saturated carbocycles. The first-order valence-corrected chi connectivity index (χ1v) is 22.7. The van der Waals surface area contributed by atoms with Crippen LogP contribution < -0.4 is 4.90 Å². The topological polar surface area (TPSA) is 118 Å². The van der Waals surface area contributed by atoms with Crippen LogP contribution >= 0.6 is 0 Å². The summed E-state index contributed by atoms with van der Waals surface area (Å²) in [5.41, 5.74) is 5.28. The Kier molecular flexibility index (Phi) is 11.9. The Bertz CT molecular complexity index is 1930. The highest BCUT2D eigenvalue weighted by Crippen LogP contribution is 2.68. The van der Waals surface area contributed by atoms with E-state index in [0.29, 0.717) is 91.0 Å². The second kappa shape index (κ2) is 17.0. The van der Waals surface area contributed by atoms with Crippen LogP contribution in [0.3, 0.4) is 0 Å². The van der Waals surface area contributed by atoms with Crippen molar-refractivity contribution in [3.8, 4) is 0 Å². The fraction of sp³-hybridized carbons (Fsp3) is 0.488. The minimum atomic E-state index is -4.05. The normalized spacial score (nSPS) is 28.5. The average Bonchev–Trinajstić information content (AvgIpc) is 3.98. The number of nitrogens with zero attached hydrogens (tertiary/aromatic N) is 1. The van der Waals surface area contributed by atoms with Gasteiger partial charge in [-0.3, -0.25) is 0 Å². The van der Waals surface area contributed by atoms with Crippen LogP contribution in [0.15, 0.2) is 111 Å². The van der Waals surface area contributed by atoms with E-state index in [1.165, 1.54) is 11.1 Å². The SMILES string of the molecule is O=S(=O)(c1ccccc1)[C@@H]1[C@H]2C(=Cc3ccc(N4CCOCCOCCOCCOCCOCC4)cc3)[C@@H](C3=C2[C@H]2CC[C@H]3C2)[C@H]1S(=O)(=O)c1ccccc1. The van der Waals surface area contributed by atoms with Crippen LogP contribution in [0.25, 0.3) is 6.08 Å². The van der Waals surface area contributed by atoms with Crippen molar-refractivity contribution in [2.75, 3.05) is 84.1 Å². The molecular weight excluding hydrogens is 739 g/mol. The maximum Gasteiger partial charge on any atom is 0.183 e. The van der Waals surface area contributed by atoms with Crippen LogP contribution in [0, 0.1) is 23.7 Å². The predicted molar refractivity (Wildman–Crippen MR) is 210 cm³/mol. The van der Waals surface area contributed by atoms with Crippen molar-refractivity contribution in [2.45, 2.75) is 39.6 Å². The number of benzene rings is 3. The van der Waals surface area contributed by atoms with Crippen molar-refractivity contribution in [1.29, 1.82) is 0 Å². The lowest BCUT2D eigenvalue weighted by molar-refractivity contribution is -0.0116. The smallest absolute Gasteiger partial charge is 0.183 e. The fourth-order valence-electron chi connectivity index (χ4n) is 9.65. The Hall–Kier alpha value is -3.36. The second-order valence-electron chi connectivity index (χ2n) is 15.0. The van der Waals surface area contributed by atoms with Gasteiger partial charge in [-0.25, -0.2) is 16.8 Å². The molecule has 8 rings (SSSR count). The van der Waals surface area contributed by atoms with E-state index in [0.717, 1.165) is 36.1 Å². The van der Waals surface area contributed by atoms with Gasteiger partial charge in [0.05, 0.1) is 86.4 Å². The standard InChI is InChI=1S/C43H51NO9S2/c45-54(46,35-7-3-1-4-8-35)42-40-37(41(39-33-14-13-32(30-33)38(39)40)43(42)55(47,48)36-9-5-2-6-10-36)29-31-11-15-34(16-12-31)44-17-19-49-21-23-51-25-27-53-28-26-52-24-22-50-20-18-44/h1-12,15-16,29,32-33,40-43H,13-14,17-28,30H2/t32-,33-,40-,41-,42+,43+/m0/s1. The van der Waals surface area contributed by atoms with Gasteiger partial charge in [0, 0.05) is 30.6 Å². The van der Waals surface area contributed by atoms with Crippen LogP contribution in [0.1, 0.15) is 24.8 Å². The van der Waals surface area contributed by atoms with Gasteiger partial charge in [0.25, 0.3) is 0 Å². The molecule has 3 fully saturated rings. The molecule has 6 atom stereocenters. The first-order valence-electron chi connectivity index (χ1n) is 19.6. The molecule has 3 aromatic rings. The molecule has 1 aliphatic heterocycles. The number of fused-ring (bicyclic) bond motifs is 8. The van der Waals surface area contributed by atoms with Gasteiger partial charge in [0.15, 0.2) is 19.7 Å². The summed E-state index contributed by atoms with van der Waals surface area (Å²) in [4.78, 5) is 2.58. The summed E-state index contributed by atoms with van der Waals surface area (Å²) in [6.45, 7) is 6.38. The van der Waals surface area contributed by atoms with E-state index in [2.05, 4.69) is 35.2 Å². The molecule has 294 valence electrons. The molecule has 10 nitrogen and oxygen atoms in total. The van der Waals surface area contributed by atoms with Gasteiger partial charge in [-0.15, -0.1) is 0 Å². The summed E-state index contributed by atoms with van der Waals surface area (Å²) in [5.74, 6) is -0.360. The molecule has 55 heavy (non-hydrogen) atoms. The van der Waals surface area contributed by atoms with E-state index in [1.807, 2.05) is 0 Å². The summed E-state index contributed by atoms with van der Waals surface area (Å²) in [7, 11) is -8.09. The second-order valence-corrected chi connectivity index (χ2v) is 19.2. The van der Waals surface area contributed by atoms with Gasteiger partial charge < -0.3 is 28.6 Å². The van der Waals surface area contributed by atoms with E-state index < -0.39 is 42.0 Å². The average molecular weight is 790 g/mol. The summed E-state index contributed by atoms with van der Waals surface area (Å²) in [6.07, 6.45) is 5.15. The third-order valence-corrected chi connectivity index (χ3v) is 16.6. The molecule has 0 spiro atoms. The number of anilines is 1. The molecule has 3 aromatic carbocycles. The van der Waals surface area contributed by atoms with Gasteiger partial charge in [0.2, 0.25) is 0 Å². The molecule has 0 aromatic heterocycles. The Labute approximate surface area is 325 Å². The van der Waals surface area contributed by atoms with Crippen molar-refractivity contribution in [3.05, 3.63) is 107 Å². The van der Waals surface area contributed by atoms with Gasteiger partial charge in [-0.2, -0.15) is 0 Å². The number of sulfone groups is 2. The van der Waals surface area contributed by atoms with Gasteiger partial charge in [0.1, 0.15) is 0 Å². The third-order valence-electron chi connectivity index (χ3n) is 12.0. The fourth-order valence-corrected chi connectivity index (χ4v) is 14.6. The number of hydrogen-bond acceptors (Lipinski definition) is 10. The van der Waals surface area contributed by atoms with E-state index in [-0.39, 0.29) is 9.79 Å². The lowest BCUT2D eigenvalue weighted by Gasteiger charge is -2.35. The highest BCUT2D eigenvalue weighted by atomic mass is 32.2. The zero-order chi connectivity index (χ0) is 37.8. The molecule has 0 radical (unpaired) electrons. The van der Waals surface area contributed by atoms with E-state index in [1.54, 1.807) is 60.7 Å². The molecule has 0 N–H and O–H groups in total. The molecule has 4 bridgehead atoms. The molecule has 0 unspecified atom stereocenters. The highest BCUT2D eigenvalue weighted by Gasteiger charge is 2.67. The molecule has 1 saturated heterocycles. The quantitative estimate of drug-likeness (QED) is 0.229. The lowest BCUT2D eigenvalue weighted by Crippen LogP contribution is -2.45. The first kappa shape index (κ1) is 38.5. The Balaban J connectivity index is 1.11. The molecule has 4 aliphatic carbocycles. The zero-order valence-corrected chi connectivity index (χ0v) is 32.8. The summed E-state index contributed by atoms with van der Waals surface area (Å²) in [6, 6.07) is 25.1. The van der Waals surface area contributed by atoms with E-state index in [9.17, 15) is 16.8 Å². The highest BCUT2D eigenvalue weighted by molar-refractivity contribution is 7.96. The van der Waals surface area contributed by atoms with Crippen molar-refractivity contribution in [2.24, 2.45) is 23.7 Å². The molecule has 5 aliphatic rings. The number of allylic oxidation sites excluding steroid dienone is 3. The molecule has 0 amide bonds. The Morgan fingerprint density at radius 2 is 0.909 bits per heavy atom. The maximum absolute atomic E-state index is 14.8. The summed E-state index contributed by atoms with van der Waals surface area (Å²) in [5, 5.41) is -2.23. The van der Waals surface area contributed by atoms with Crippen molar-refractivity contribution >= 4 is 31.4 Å². The molecular formula is C43H51NO9S2. The minimum absolute atomic E-state index is 0.173. The van der Waals surface area contributed by atoms with Crippen molar-refractivity contribution in [3.63, 3.8) is 0 Å². The zero-order valence-electron chi connectivity index (χ0n) is 31.2. The monoisotopic (exact) mass is 789 g/mol. The first-order chi connectivity index (χ1) is 26.9. The van der Waals surface area contributed by atoms with Crippen LogP contribution in [-0.2, 0) is 43.4 Å². The lowest BCUT2D eigenvalue weighted by atomic mass is 9.82. The van der Waals surface area contributed by atoms with Crippen molar-refractivity contribution in [1.82, 2.24) is 0 Å². The largest absolute Gasteiger partial charge is 0.377 e. The van der Waals surface area contributed by atoms with Gasteiger partial charge in [-0.1, -0.05) is 71.3 Å². The van der Waals surface area contributed by atoms with E-state index >= 15 is 0 Å². The van der Waals surface area contributed by atoms with Crippen LogP contribution in [0.4, 0.5) is 5.69 Å². The van der Waals surface area contributed by atoms with E-state index in [4.69, 9.17) is 23.7 Å². The summed E-state index contributed by atoms with van der Waals surface area (Å²) >= 11 is 0. The molecule has 12 heteroatoms. The number of rotatable bonds is 6. The van der Waals surface area contributed by atoms with Crippen LogP contribution in [0.5, 0.6) is 0 Å². The van der Waals surface area contributed by atoms with Gasteiger partial charge >= 0.3 is 0 Å². The number of hydrogen-bond donors (Lipinski definition) is 0. The Morgan fingerprint density at radius 1 is 0.509 bits per heavy atom. The van der Waals surface area contributed by atoms with Crippen LogP contribution in [-0.4, -0.2) is 106 Å². The van der Waals surface area contributed by atoms with Gasteiger partial charge in [-0.05, 0) is 73.1 Å². The summed E-state index contributed by atoms with van der Waals surface area (Å²) < 4.78 is 87.7. The Morgan fingerprint density at radius 3 is 1.33 bits per heavy atom. The minimum Gasteiger partial charge on any atom is -0.377 e. The van der Waals surface area contributed by atoms with Crippen molar-refractivity contribution < 1.29 is 40.5 Å². The molecule has 1 heterocycles. The third kappa shape index (κ3) is 7.84. The maximum atomic E-state index is 14.8. The number of ether oxygens (including phenoxy) is 5. The van der Waals surface area contributed by atoms with Crippen LogP contribution in [0.2, 0.25) is 0 Å².